The van der Waals surface area contributed by atoms with Crippen molar-refractivity contribution in [3.8, 4) is 17.2 Å². The van der Waals surface area contributed by atoms with Crippen LogP contribution in [-0.2, 0) is 0 Å². The van der Waals surface area contributed by atoms with E-state index >= 15 is 0 Å². The van der Waals surface area contributed by atoms with E-state index in [2.05, 4.69) is 15.9 Å². The van der Waals surface area contributed by atoms with E-state index in [0.717, 1.165) is 16.5 Å². The van der Waals surface area contributed by atoms with Crippen molar-refractivity contribution in [3.63, 3.8) is 0 Å². The van der Waals surface area contributed by atoms with Crippen LogP contribution in [0.4, 0.5) is 0 Å². The molecule has 0 heterocycles. The molecule has 1 unspecified atom stereocenters. The van der Waals surface area contributed by atoms with Gasteiger partial charge >= 0.3 is 0 Å². The maximum atomic E-state index is 10.0. The molecule has 0 aliphatic carbocycles. The Bertz CT molecular complexity index is 396. The zero-order valence-electron chi connectivity index (χ0n) is 10.3. The van der Waals surface area contributed by atoms with Gasteiger partial charge in [0.15, 0.2) is 11.5 Å². The van der Waals surface area contributed by atoms with Crippen LogP contribution in [0.5, 0.6) is 17.2 Å². The second-order valence-corrected chi connectivity index (χ2v) is 4.63. The van der Waals surface area contributed by atoms with Crippen molar-refractivity contribution in [2.75, 3.05) is 20.8 Å². The molecule has 1 aromatic rings. The molecule has 4 nitrogen and oxygen atoms in total. The van der Waals surface area contributed by atoms with Crippen LogP contribution >= 0.6 is 15.9 Å². The number of phenols is 1. The van der Waals surface area contributed by atoms with Gasteiger partial charge in [0.2, 0.25) is 0 Å². The Labute approximate surface area is 110 Å². The Kier molecular flexibility index (Phi) is 5.08. The highest BCUT2D eigenvalue weighted by Crippen LogP contribution is 2.45. The lowest BCUT2D eigenvalue weighted by Crippen LogP contribution is -2.06. The molecular weight excluding hydrogens is 286 g/mol. The van der Waals surface area contributed by atoms with Crippen LogP contribution in [0.1, 0.15) is 24.8 Å². The molecule has 1 aromatic carbocycles. The summed E-state index contributed by atoms with van der Waals surface area (Å²) >= 11 is 3.45. The summed E-state index contributed by atoms with van der Waals surface area (Å²) in [5.41, 5.74) is 6.34. The van der Waals surface area contributed by atoms with Crippen LogP contribution in [0.3, 0.4) is 0 Å². The highest BCUT2D eigenvalue weighted by atomic mass is 79.9. The SMILES string of the molecule is COc1cc(O)c(C(C)CCN)c(Br)c1OC. The van der Waals surface area contributed by atoms with E-state index in [0.29, 0.717) is 18.0 Å². The number of hydrogen-bond acceptors (Lipinski definition) is 4. The van der Waals surface area contributed by atoms with Crippen LogP contribution in [0.15, 0.2) is 10.5 Å². The van der Waals surface area contributed by atoms with E-state index in [1.165, 1.54) is 7.11 Å². The zero-order chi connectivity index (χ0) is 13.0. The van der Waals surface area contributed by atoms with Crippen LogP contribution in [-0.4, -0.2) is 25.9 Å². The Morgan fingerprint density at radius 1 is 1.41 bits per heavy atom. The average molecular weight is 304 g/mol. The molecule has 0 saturated heterocycles. The van der Waals surface area contributed by atoms with Gasteiger partial charge in [-0.2, -0.15) is 0 Å². The molecule has 0 saturated carbocycles. The second kappa shape index (κ2) is 6.12. The summed E-state index contributed by atoms with van der Waals surface area (Å²) in [6.07, 6.45) is 0.793. The van der Waals surface area contributed by atoms with Gasteiger partial charge in [-0.15, -0.1) is 0 Å². The minimum absolute atomic E-state index is 0.147. The van der Waals surface area contributed by atoms with Crippen molar-refractivity contribution in [3.05, 3.63) is 16.1 Å². The third-order valence-electron chi connectivity index (χ3n) is 2.72. The first kappa shape index (κ1) is 14.1. The standard InChI is InChI=1S/C12H18BrNO3/c1-7(4-5-14)10-8(15)6-9(16-2)12(17-3)11(10)13/h6-7,15H,4-5,14H2,1-3H3. The molecule has 0 radical (unpaired) electrons. The summed E-state index contributed by atoms with van der Waals surface area (Å²) in [7, 11) is 3.10. The maximum Gasteiger partial charge on any atom is 0.175 e. The molecule has 0 aromatic heterocycles. The average Bonchev–Trinajstić information content (AvgIpc) is 2.28. The summed E-state index contributed by atoms with van der Waals surface area (Å²) in [6.45, 7) is 2.58. The van der Waals surface area contributed by atoms with Gasteiger partial charge in [-0.25, -0.2) is 0 Å². The van der Waals surface area contributed by atoms with E-state index in [-0.39, 0.29) is 11.7 Å². The smallest absolute Gasteiger partial charge is 0.175 e. The minimum Gasteiger partial charge on any atom is -0.507 e. The lowest BCUT2D eigenvalue weighted by molar-refractivity contribution is 0.347. The molecular formula is C12H18BrNO3. The number of halogens is 1. The number of methoxy groups -OCH3 is 2. The molecule has 0 aliphatic rings. The number of nitrogens with two attached hydrogens (primary N) is 1. The van der Waals surface area contributed by atoms with E-state index in [4.69, 9.17) is 15.2 Å². The molecule has 17 heavy (non-hydrogen) atoms. The van der Waals surface area contributed by atoms with Gasteiger partial charge in [0, 0.05) is 11.6 Å². The summed E-state index contributed by atoms with van der Waals surface area (Å²) < 4.78 is 11.1. The van der Waals surface area contributed by atoms with Gasteiger partial charge in [-0.05, 0) is 34.8 Å². The van der Waals surface area contributed by atoms with Gasteiger partial charge in [0.1, 0.15) is 5.75 Å². The highest BCUT2D eigenvalue weighted by molar-refractivity contribution is 9.10. The molecule has 0 bridgehead atoms. The van der Waals surface area contributed by atoms with Crippen molar-refractivity contribution in [1.29, 1.82) is 0 Å². The molecule has 1 rings (SSSR count). The van der Waals surface area contributed by atoms with Crippen LogP contribution in [0.2, 0.25) is 0 Å². The van der Waals surface area contributed by atoms with Crippen molar-refractivity contribution in [2.24, 2.45) is 5.73 Å². The molecule has 0 fully saturated rings. The van der Waals surface area contributed by atoms with Gasteiger partial charge < -0.3 is 20.3 Å². The van der Waals surface area contributed by atoms with E-state index in [1.807, 2.05) is 6.92 Å². The first-order valence-corrected chi connectivity index (χ1v) is 6.19. The normalized spacial score (nSPS) is 12.3. The Hall–Kier alpha value is -0.940. The fraction of sp³-hybridized carbons (Fsp3) is 0.500. The van der Waals surface area contributed by atoms with Crippen LogP contribution < -0.4 is 15.2 Å². The van der Waals surface area contributed by atoms with E-state index in [1.54, 1.807) is 13.2 Å². The number of benzene rings is 1. The predicted octanol–water partition coefficient (Wildman–Crippen LogP) is 2.62. The predicted molar refractivity (Wildman–Crippen MR) is 71.0 cm³/mol. The maximum absolute atomic E-state index is 10.0. The third kappa shape index (κ3) is 2.84. The number of ether oxygens (including phenoxy) is 2. The molecule has 3 N–H and O–H groups in total. The van der Waals surface area contributed by atoms with Gasteiger partial charge in [-0.1, -0.05) is 6.92 Å². The van der Waals surface area contributed by atoms with Crippen molar-refractivity contribution < 1.29 is 14.6 Å². The summed E-state index contributed by atoms with van der Waals surface area (Å²) in [6, 6.07) is 1.56. The van der Waals surface area contributed by atoms with E-state index < -0.39 is 0 Å². The third-order valence-corrected chi connectivity index (χ3v) is 3.51. The quantitative estimate of drug-likeness (QED) is 0.877. The van der Waals surface area contributed by atoms with Crippen LogP contribution in [0, 0.1) is 0 Å². The van der Waals surface area contributed by atoms with Crippen molar-refractivity contribution in [1.82, 2.24) is 0 Å². The van der Waals surface area contributed by atoms with Crippen molar-refractivity contribution in [2.45, 2.75) is 19.3 Å². The van der Waals surface area contributed by atoms with Gasteiger partial charge in [-0.3, -0.25) is 0 Å². The summed E-state index contributed by atoms with van der Waals surface area (Å²) in [5, 5.41) is 10.0. The second-order valence-electron chi connectivity index (χ2n) is 3.84. The number of phenolic OH excluding ortho intramolecular Hbond substituents is 1. The molecule has 0 aliphatic heterocycles. The zero-order valence-corrected chi connectivity index (χ0v) is 11.9. The first-order valence-electron chi connectivity index (χ1n) is 5.40. The van der Waals surface area contributed by atoms with Gasteiger partial charge in [0.05, 0.1) is 18.7 Å². The Morgan fingerprint density at radius 2 is 2.06 bits per heavy atom. The van der Waals surface area contributed by atoms with E-state index in [9.17, 15) is 5.11 Å². The molecule has 0 spiro atoms. The molecule has 1 atom stereocenters. The first-order chi connectivity index (χ1) is 8.06. The van der Waals surface area contributed by atoms with Crippen LogP contribution in [0.25, 0.3) is 0 Å². The minimum atomic E-state index is 0.147. The highest BCUT2D eigenvalue weighted by Gasteiger charge is 2.21. The molecule has 96 valence electrons. The van der Waals surface area contributed by atoms with Crippen molar-refractivity contribution >= 4 is 15.9 Å². The number of hydrogen-bond donors (Lipinski definition) is 2. The number of rotatable bonds is 5. The lowest BCUT2D eigenvalue weighted by Gasteiger charge is -2.19. The summed E-state index contributed by atoms with van der Waals surface area (Å²) in [5.74, 6) is 1.43. The largest absolute Gasteiger partial charge is 0.507 e. The fourth-order valence-corrected chi connectivity index (χ4v) is 2.77. The lowest BCUT2D eigenvalue weighted by atomic mass is 9.96. The fourth-order valence-electron chi connectivity index (χ4n) is 1.82. The topological polar surface area (TPSA) is 64.7 Å². The summed E-state index contributed by atoms with van der Waals surface area (Å²) in [4.78, 5) is 0. The molecule has 5 heteroatoms. The molecule has 0 amide bonds. The Morgan fingerprint density at radius 3 is 2.53 bits per heavy atom. The monoisotopic (exact) mass is 303 g/mol. The number of aromatic hydroxyl groups is 1. The van der Waals surface area contributed by atoms with Gasteiger partial charge in [0.25, 0.3) is 0 Å². The Balaban J connectivity index is 3.31.